The van der Waals surface area contributed by atoms with Crippen molar-refractivity contribution < 1.29 is 9.53 Å². The summed E-state index contributed by atoms with van der Waals surface area (Å²) >= 11 is 0. The maximum absolute atomic E-state index is 12.1. The number of nitrogens with zero attached hydrogens (tertiary/aromatic N) is 2. The third-order valence-electron chi connectivity index (χ3n) is 2.83. The second-order valence-corrected chi connectivity index (χ2v) is 3.98. The molecule has 2 aromatic rings. The average molecular weight is 241 g/mol. The number of ether oxygens (including phenoxy) is 1. The van der Waals surface area contributed by atoms with Crippen LogP contribution < -0.4 is 10.1 Å². The van der Waals surface area contributed by atoms with Gasteiger partial charge in [0.2, 0.25) is 5.91 Å². The van der Waals surface area contributed by atoms with Crippen LogP contribution in [0.1, 0.15) is 11.5 Å². The van der Waals surface area contributed by atoms with E-state index in [-0.39, 0.29) is 11.8 Å². The van der Waals surface area contributed by atoms with Crippen molar-refractivity contribution in [2.24, 2.45) is 0 Å². The highest BCUT2D eigenvalue weighted by Gasteiger charge is 2.30. The summed E-state index contributed by atoms with van der Waals surface area (Å²) < 4.78 is 5.47. The Balaban J connectivity index is 1.79. The predicted molar refractivity (Wildman–Crippen MR) is 65.3 cm³/mol. The Bertz CT molecular complexity index is 571. The number of fused-ring (bicyclic) bond motifs is 1. The summed E-state index contributed by atoms with van der Waals surface area (Å²) in [5.41, 5.74) is 0.916. The molecule has 5 nitrogen and oxygen atoms in total. The molecule has 1 aromatic heterocycles. The van der Waals surface area contributed by atoms with Gasteiger partial charge in [-0.15, -0.1) is 0 Å². The van der Waals surface area contributed by atoms with Crippen LogP contribution in [-0.2, 0) is 4.79 Å². The van der Waals surface area contributed by atoms with Crippen LogP contribution in [0.2, 0.25) is 0 Å². The lowest BCUT2D eigenvalue weighted by Gasteiger charge is -2.08. The molecule has 1 atom stereocenters. The molecule has 5 heteroatoms. The first-order chi connectivity index (χ1) is 8.84. The fourth-order valence-corrected chi connectivity index (χ4v) is 1.96. The third-order valence-corrected chi connectivity index (χ3v) is 2.83. The molecule has 0 aliphatic carbocycles. The van der Waals surface area contributed by atoms with Gasteiger partial charge in [-0.1, -0.05) is 18.2 Å². The van der Waals surface area contributed by atoms with Gasteiger partial charge in [0.1, 0.15) is 18.3 Å². The van der Waals surface area contributed by atoms with Crippen molar-refractivity contribution in [3.8, 4) is 5.75 Å². The van der Waals surface area contributed by atoms with E-state index in [2.05, 4.69) is 15.3 Å². The maximum atomic E-state index is 12.1. The molecule has 1 aromatic carbocycles. The summed E-state index contributed by atoms with van der Waals surface area (Å²) in [6, 6.07) is 7.56. The molecule has 90 valence electrons. The molecule has 1 aliphatic heterocycles. The second-order valence-electron chi connectivity index (χ2n) is 3.98. The number of benzene rings is 1. The highest BCUT2D eigenvalue weighted by molar-refractivity contribution is 5.96. The summed E-state index contributed by atoms with van der Waals surface area (Å²) in [5, 5.41) is 2.73. The minimum atomic E-state index is -0.289. The number of aromatic nitrogens is 2. The quantitative estimate of drug-likeness (QED) is 0.867. The Hall–Kier alpha value is -2.43. The summed E-state index contributed by atoms with van der Waals surface area (Å²) in [5.74, 6) is 0.812. The molecule has 0 saturated carbocycles. The monoisotopic (exact) mass is 241 g/mol. The lowest BCUT2D eigenvalue weighted by molar-refractivity contribution is -0.117. The molecule has 1 unspecified atom stereocenters. The van der Waals surface area contributed by atoms with E-state index < -0.39 is 0 Å². The van der Waals surface area contributed by atoms with E-state index in [1.165, 1.54) is 12.4 Å². The molecule has 1 amide bonds. The maximum Gasteiger partial charge on any atom is 0.236 e. The van der Waals surface area contributed by atoms with Gasteiger partial charge in [0.15, 0.2) is 5.82 Å². The smallest absolute Gasteiger partial charge is 0.236 e. The number of rotatable bonds is 2. The minimum Gasteiger partial charge on any atom is -0.492 e. The Morgan fingerprint density at radius 1 is 1.33 bits per heavy atom. The van der Waals surface area contributed by atoms with Crippen molar-refractivity contribution in [1.82, 2.24) is 9.97 Å². The van der Waals surface area contributed by atoms with Crippen molar-refractivity contribution in [3.05, 3.63) is 48.4 Å². The van der Waals surface area contributed by atoms with Gasteiger partial charge in [-0.3, -0.25) is 9.78 Å². The van der Waals surface area contributed by atoms with Gasteiger partial charge >= 0.3 is 0 Å². The van der Waals surface area contributed by atoms with Crippen molar-refractivity contribution in [2.45, 2.75) is 5.92 Å². The first kappa shape index (κ1) is 10.7. The first-order valence-corrected chi connectivity index (χ1v) is 5.63. The Kier molecular flexibility index (Phi) is 2.64. The minimum absolute atomic E-state index is 0.125. The molecule has 0 saturated heterocycles. The largest absolute Gasteiger partial charge is 0.492 e. The third kappa shape index (κ3) is 1.90. The number of para-hydroxylation sites is 1. The SMILES string of the molecule is O=C(Nc1cnccn1)C1COc2ccccc21. The molecular formula is C13H11N3O2. The van der Waals surface area contributed by atoms with Crippen LogP contribution in [0.25, 0.3) is 0 Å². The van der Waals surface area contributed by atoms with Crippen molar-refractivity contribution in [1.29, 1.82) is 0 Å². The Morgan fingerprint density at radius 2 is 2.22 bits per heavy atom. The lowest BCUT2D eigenvalue weighted by atomic mass is 10.0. The summed E-state index contributed by atoms with van der Waals surface area (Å²) in [4.78, 5) is 20.0. The van der Waals surface area contributed by atoms with Gasteiger partial charge in [-0.25, -0.2) is 4.98 Å². The van der Waals surface area contributed by atoms with Gasteiger partial charge in [0.25, 0.3) is 0 Å². The molecular weight excluding hydrogens is 230 g/mol. The normalized spacial score (nSPS) is 16.8. The molecule has 18 heavy (non-hydrogen) atoms. The van der Waals surface area contributed by atoms with Gasteiger partial charge in [-0.05, 0) is 6.07 Å². The molecule has 0 spiro atoms. The van der Waals surface area contributed by atoms with Crippen molar-refractivity contribution in [3.63, 3.8) is 0 Å². The molecule has 1 N–H and O–H groups in total. The molecule has 0 fully saturated rings. The van der Waals surface area contributed by atoms with Gasteiger partial charge in [0.05, 0.1) is 6.20 Å². The number of carbonyl (C=O) groups is 1. The van der Waals surface area contributed by atoms with E-state index >= 15 is 0 Å². The van der Waals surface area contributed by atoms with E-state index in [1.54, 1.807) is 6.20 Å². The van der Waals surface area contributed by atoms with Crippen molar-refractivity contribution >= 4 is 11.7 Å². The van der Waals surface area contributed by atoms with Crippen LogP contribution in [0.5, 0.6) is 5.75 Å². The second kappa shape index (κ2) is 4.44. The molecule has 1 aliphatic rings. The number of amides is 1. The molecule has 2 heterocycles. The van der Waals surface area contributed by atoms with Crippen LogP contribution >= 0.6 is 0 Å². The van der Waals surface area contributed by atoms with E-state index in [0.29, 0.717) is 12.4 Å². The van der Waals surface area contributed by atoms with Gasteiger partial charge < -0.3 is 10.1 Å². The molecule has 0 bridgehead atoms. The van der Waals surface area contributed by atoms with Crippen LogP contribution in [0.3, 0.4) is 0 Å². The zero-order valence-corrected chi connectivity index (χ0v) is 9.54. The number of anilines is 1. The Morgan fingerprint density at radius 3 is 3.06 bits per heavy atom. The fourth-order valence-electron chi connectivity index (χ4n) is 1.96. The highest BCUT2D eigenvalue weighted by atomic mass is 16.5. The van der Waals surface area contributed by atoms with Gasteiger partial charge in [0, 0.05) is 18.0 Å². The van der Waals surface area contributed by atoms with Gasteiger partial charge in [-0.2, -0.15) is 0 Å². The standard InChI is InChI=1S/C13H11N3O2/c17-13(16-12-7-14-5-6-15-12)10-8-18-11-4-2-1-3-9(10)11/h1-7,10H,8H2,(H,15,16,17). The summed E-state index contributed by atoms with van der Waals surface area (Å²) in [6.07, 6.45) is 4.61. The number of nitrogens with one attached hydrogen (secondary N) is 1. The molecule has 3 rings (SSSR count). The van der Waals surface area contributed by atoms with E-state index in [1.807, 2.05) is 24.3 Å². The zero-order valence-electron chi connectivity index (χ0n) is 9.54. The van der Waals surface area contributed by atoms with E-state index in [0.717, 1.165) is 11.3 Å². The lowest BCUT2D eigenvalue weighted by Crippen LogP contribution is -2.22. The topological polar surface area (TPSA) is 64.1 Å². The first-order valence-electron chi connectivity index (χ1n) is 5.63. The van der Waals surface area contributed by atoms with Crippen LogP contribution in [-0.4, -0.2) is 22.5 Å². The molecule has 0 radical (unpaired) electrons. The van der Waals surface area contributed by atoms with Crippen LogP contribution in [0.4, 0.5) is 5.82 Å². The number of hydrogen-bond donors (Lipinski definition) is 1. The van der Waals surface area contributed by atoms with E-state index in [4.69, 9.17) is 4.74 Å². The fraction of sp³-hybridized carbons (Fsp3) is 0.154. The van der Waals surface area contributed by atoms with E-state index in [9.17, 15) is 4.79 Å². The van der Waals surface area contributed by atoms with Crippen LogP contribution in [0, 0.1) is 0 Å². The predicted octanol–water partition coefficient (Wildman–Crippen LogP) is 1.59. The summed E-state index contributed by atoms with van der Waals surface area (Å²) in [6.45, 7) is 0.367. The Labute approximate surface area is 104 Å². The highest BCUT2D eigenvalue weighted by Crippen LogP contribution is 2.33. The summed E-state index contributed by atoms with van der Waals surface area (Å²) in [7, 11) is 0. The van der Waals surface area contributed by atoms with Crippen LogP contribution in [0.15, 0.2) is 42.9 Å². The number of carbonyl (C=O) groups excluding carboxylic acids is 1. The average Bonchev–Trinajstić information content (AvgIpc) is 2.84. The zero-order chi connectivity index (χ0) is 12.4. The number of hydrogen-bond acceptors (Lipinski definition) is 4. The van der Waals surface area contributed by atoms with Crippen molar-refractivity contribution in [2.75, 3.05) is 11.9 Å².